The summed E-state index contributed by atoms with van der Waals surface area (Å²) in [5.41, 5.74) is 3.63. The molecule has 1 nitrogen and oxygen atoms in total. The van der Waals surface area contributed by atoms with Crippen molar-refractivity contribution in [3.8, 4) is 11.5 Å². The van der Waals surface area contributed by atoms with Gasteiger partial charge in [-0.25, -0.2) is 0 Å². The quantitative estimate of drug-likeness (QED) is 0.139. The van der Waals surface area contributed by atoms with Crippen molar-refractivity contribution < 1.29 is 4.74 Å². The van der Waals surface area contributed by atoms with Crippen molar-refractivity contribution in [1.29, 1.82) is 0 Å². The number of ether oxygens (including phenoxy) is 1. The van der Waals surface area contributed by atoms with E-state index in [1.807, 2.05) is 0 Å². The molecule has 0 aliphatic heterocycles. The Morgan fingerprint density at radius 3 is 1.82 bits per heavy atom. The minimum Gasteiger partial charge on any atom is -0.379 e. The highest BCUT2D eigenvalue weighted by Gasteiger charge is 2.33. The molecule has 0 atom stereocenters. The Morgan fingerprint density at radius 1 is 0.786 bits per heavy atom. The van der Waals surface area contributed by atoms with E-state index in [1.165, 1.54) is 75.7 Å². The van der Waals surface area contributed by atoms with Crippen LogP contribution in [0, 0.1) is 11.5 Å². The van der Waals surface area contributed by atoms with E-state index < -0.39 is 8.07 Å². The Labute approximate surface area is 183 Å². The van der Waals surface area contributed by atoms with Crippen molar-refractivity contribution in [1.82, 2.24) is 0 Å². The van der Waals surface area contributed by atoms with E-state index in [4.69, 9.17) is 4.74 Å². The predicted octanol–water partition coefficient (Wildman–Crippen LogP) is 8.49. The SMILES string of the molecule is CC(C)OCCCSCCCCCCCCCCCC#C[Si](C)(C)C(C)(C)C. The lowest BCUT2D eigenvalue weighted by Gasteiger charge is -2.31. The molecule has 0 N–H and O–H groups in total. The maximum Gasteiger partial charge on any atom is 0.137 e. The smallest absolute Gasteiger partial charge is 0.137 e. The summed E-state index contributed by atoms with van der Waals surface area (Å²) in [6.45, 7) is 17.0. The molecular formula is C25H50OSSi. The van der Waals surface area contributed by atoms with Crippen LogP contribution in [0.1, 0.15) is 105 Å². The van der Waals surface area contributed by atoms with Crippen molar-refractivity contribution in [2.75, 3.05) is 18.1 Å². The lowest BCUT2D eigenvalue weighted by Crippen LogP contribution is -2.35. The van der Waals surface area contributed by atoms with Gasteiger partial charge >= 0.3 is 0 Å². The molecule has 3 heteroatoms. The largest absolute Gasteiger partial charge is 0.379 e. The minimum absolute atomic E-state index is 0.381. The maximum absolute atomic E-state index is 5.57. The Hall–Kier alpha value is 0.0869. The van der Waals surface area contributed by atoms with Crippen LogP contribution in [0.4, 0.5) is 0 Å². The molecule has 0 amide bonds. The molecule has 0 radical (unpaired) electrons. The number of thioether (sulfide) groups is 1. The third kappa shape index (κ3) is 17.0. The first-order valence-corrected chi connectivity index (χ1v) is 16.0. The first-order chi connectivity index (χ1) is 13.2. The van der Waals surface area contributed by atoms with Crippen molar-refractivity contribution in [3.05, 3.63) is 0 Å². The van der Waals surface area contributed by atoms with Gasteiger partial charge in [-0.05, 0) is 49.7 Å². The van der Waals surface area contributed by atoms with Gasteiger partial charge in [0.1, 0.15) is 8.07 Å². The van der Waals surface area contributed by atoms with Gasteiger partial charge in [-0.1, -0.05) is 78.8 Å². The first kappa shape index (κ1) is 28.1. The van der Waals surface area contributed by atoms with Crippen LogP contribution in [0.25, 0.3) is 0 Å². The predicted molar refractivity (Wildman–Crippen MR) is 134 cm³/mol. The van der Waals surface area contributed by atoms with Gasteiger partial charge < -0.3 is 4.74 Å². The van der Waals surface area contributed by atoms with Gasteiger partial charge in [0.05, 0.1) is 6.10 Å². The van der Waals surface area contributed by atoms with E-state index in [9.17, 15) is 0 Å². The van der Waals surface area contributed by atoms with Crippen LogP contribution in [0.3, 0.4) is 0 Å². The molecule has 0 aromatic rings. The molecule has 28 heavy (non-hydrogen) atoms. The van der Waals surface area contributed by atoms with Gasteiger partial charge in [0, 0.05) is 13.0 Å². The summed E-state index contributed by atoms with van der Waals surface area (Å²) < 4.78 is 5.57. The van der Waals surface area contributed by atoms with Crippen LogP contribution >= 0.6 is 11.8 Å². The monoisotopic (exact) mass is 426 g/mol. The summed E-state index contributed by atoms with van der Waals surface area (Å²) in [5, 5.41) is 0.390. The van der Waals surface area contributed by atoms with Crippen LogP contribution in [0.5, 0.6) is 0 Å². The molecule has 0 heterocycles. The maximum atomic E-state index is 5.57. The molecule has 0 unspecified atom stereocenters. The average Bonchev–Trinajstić information content (AvgIpc) is 2.59. The molecule has 0 aromatic heterocycles. The van der Waals surface area contributed by atoms with E-state index in [1.54, 1.807) is 0 Å². The van der Waals surface area contributed by atoms with Crippen molar-refractivity contribution in [2.45, 2.75) is 129 Å². The van der Waals surface area contributed by atoms with Crippen LogP contribution < -0.4 is 0 Å². The fourth-order valence-electron chi connectivity index (χ4n) is 2.71. The van der Waals surface area contributed by atoms with Gasteiger partial charge in [-0.2, -0.15) is 11.8 Å². The summed E-state index contributed by atoms with van der Waals surface area (Å²) in [6, 6.07) is 0. The molecule has 0 saturated heterocycles. The summed E-state index contributed by atoms with van der Waals surface area (Å²) in [4.78, 5) is 0. The Balaban J connectivity index is 3.31. The van der Waals surface area contributed by atoms with E-state index in [0.29, 0.717) is 11.1 Å². The molecule has 166 valence electrons. The van der Waals surface area contributed by atoms with Crippen LogP contribution in [0.2, 0.25) is 18.1 Å². The summed E-state index contributed by atoms with van der Waals surface area (Å²) in [6.07, 6.45) is 15.2. The van der Waals surface area contributed by atoms with Gasteiger partial charge in [0.15, 0.2) is 0 Å². The van der Waals surface area contributed by atoms with E-state index in [0.717, 1.165) is 13.0 Å². The molecule has 0 spiro atoms. The number of unbranched alkanes of at least 4 members (excludes halogenated alkanes) is 9. The van der Waals surface area contributed by atoms with Crippen molar-refractivity contribution in [2.24, 2.45) is 0 Å². The minimum atomic E-state index is -1.39. The van der Waals surface area contributed by atoms with E-state index in [-0.39, 0.29) is 0 Å². The molecule has 0 rings (SSSR count). The van der Waals surface area contributed by atoms with Crippen LogP contribution in [-0.4, -0.2) is 32.3 Å². The topological polar surface area (TPSA) is 9.23 Å². The normalized spacial score (nSPS) is 12.3. The lowest BCUT2D eigenvalue weighted by molar-refractivity contribution is 0.0800. The Bertz CT molecular complexity index is 414. The fourth-order valence-corrected chi connectivity index (χ4v) is 4.58. The van der Waals surface area contributed by atoms with Crippen LogP contribution in [-0.2, 0) is 4.74 Å². The Morgan fingerprint density at radius 2 is 1.29 bits per heavy atom. The highest BCUT2D eigenvalue weighted by atomic mass is 32.2. The second kappa shape index (κ2) is 16.8. The molecule has 0 aliphatic carbocycles. The number of hydrogen-bond acceptors (Lipinski definition) is 2. The van der Waals surface area contributed by atoms with E-state index >= 15 is 0 Å². The van der Waals surface area contributed by atoms with Gasteiger partial charge in [0.2, 0.25) is 0 Å². The van der Waals surface area contributed by atoms with E-state index in [2.05, 4.69) is 70.9 Å². The molecule has 0 aromatic carbocycles. The second-order valence-electron chi connectivity index (χ2n) is 9.99. The molecule has 0 bridgehead atoms. The standard InChI is InChI=1S/C25H50OSSi/c1-24(2)26-20-19-22-27-21-17-15-13-11-9-8-10-12-14-16-18-23-28(6,7)25(3,4)5/h24H,8-17,19-22H2,1-7H3. The summed E-state index contributed by atoms with van der Waals surface area (Å²) in [7, 11) is -1.39. The zero-order valence-electron chi connectivity index (χ0n) is 20.3. The molecular weight excluding hydrogens is 376 g/mol. The highest BCUT2D eigenvalue weighted by Crippen LogP contribution is 2.35. The zero-order valence-corrected chi connectivity index (χ0v) is 22.1. The van der Waals surface area contributed by atoms with Crippen molar-refractivity contribution in [3.63, 3.8) is 0 Å². The third-order valence-corrected chi connectivity index (χ3v) is 11.5. The second-order valence-corrected chi connectivity index (χ2v) is 16.2. The lowest BCUT2D eigenvalue weighted by atomic mass is 10.1. The van der Waals surface area contributed by atoms with Gasteiger partial charge in [-0.15, -0.1) is 11.5 Å². The van der Waals surface area contributed by atoms with Gasteiger partial charge in [-0.3, -0.25) is 0 Å². The van der Waals surface area contributed by atoms with Crippen LogP contribution in [0.15, 0.2) is 0 Å². The van der Waals surface area contributed by atoms with Gasteiger partial charge in [0.25, 0.3) is 0 Å². The first-order valence-electron chi connectivity index (χ1n) is 11.9. The highest BCUT2D eigenvalue weighted by molar-refractivity contribution is 7.99. The third-order valence-electron chi connectivity index (χ3n) is 5.75. The number of rotatable bonds is 16. The summed E-state index contributed by atoms with van der Waals surface area (Å²) in [5.74, 6) is 6.07. The molecule has 0 fully saturated rings. The number of hydrogen-bond donors (Lipinski definition) is 0. The molecule has 0 saturated carbocycles. The van der Waals surface area contributed by atoms with Crippen molar-refractivity contribution >= 4 is 19.8 Å². The zero-order chi connectivity index (χ0) is 21.3. The summed E-state index contributed by atoms with van der Waals surface area (Å²) >= 11 is 2.10. The fraction of sp³-hybridized carbons (Fsp3) is 0.920. The molecule has 0 aliphatic rings. The average molecular weight is 427 g/mol. The Kier molecular flexibility index (Phi) is 16.9.